The Morgan fingerprint density at radius 2 is 1.72 bits per heavy atom. The lowest BCUT2D eigenvalue weighted by molar-refractivity contribution is -0.132. The van der Waals surface area contributed by atoms with Gasteiger partial charge in [0.25, 0.3) is 0 Å². The first-order valence-corrected chi connectivity index (χ1v) is 11.5. The first kappa shape index (κ1) is 20.4. The molecule has 1 aromatic carbocycles. The molecule has 0 bridgehead atoms. The number of nitrogens with zero attached hydrogens (tertiary/aromatic N) is 4. The Hall–Kier alpha value is -3.47. The van der Waals surface area contributed by atoms with Gasteiger partial charge in [-0.2, -0.15) is 0 Å². The van der Waals surface area contributed by atoms with Gasteiger partial charge < -0.3 is 9.47 Å². The largest absolute Gasteiger partial charge is 0.346 e. The fourth-order valence-corrected chi connectivity index (χ4v) is 4.59. The molecular formula is C27H28N4O. The fraction of sp³-hybridized carbons (Fsp3) is 0.296. The lowest BCUT2D eigenvalue weighted by Crippen LogP contribution is -2.39. The quantitative estimate of drug-likeness (QED) is 0.439. The van der Waals surface area contributed by atoms with Gasteiger partial charge in [-0.3, -0.25) is 9.78 Å². The van der Waals surface area contributed by atoms with Gasteiger partial charge in [0.1, 0.15) is 0 Å². The Balaban J connectivity index is 1.17. The highest BCUT2D eigenvalue weighted by Crippen LogP contribution is 2.24. The Morgan fingerprint density at radius 1 is 0.906 bits per heavy atom. The van der Waals surface area contributed by atoms with Gasteiger partial charge in [-0.1, -0.05) is 36.4 Å². The molecule has 0 atom stereocenters. The Morgan fingerprint density at radius 3 is 2.50 bits per heavy atom. The highest BCUT2D eigenvalue weighted by Gasteiger charge is 2.23. The van der Waals surface area contributed by atoms with E-state index in [1.54, 1.807) is 6.20 Å². The topological polar surface area (TPSA) is 51.0 Å². The van der Waals surface area contributed by atoms with Crippen molar-refractivity contribution in [2.75, 3.05) is 13.1 Å². The number of hydrogen-bond donors (Lipinski definition) is 0. The number of fused-ring (bicyclic) bond motifs is 1. The van der Waals surface area contributed by atoms with Crippen molar-refractivity contribution in [2.45, 2.75) is 32.2 Å². The molecule has 1 amide bonds. The molecule has 5 heteroatoms. The van der Waals surface area contributed by atoms with Crippen molar-refractivity contribution < 1.29 is 4.79 Å². The first-order valence-electron chi connectivity index (χ1n) is 11.5. The number of benzene rings is 1. The van der Waals surface area contributed by atoms with Crippen LogP contribution in [0.15, 0.2) is 79.1 Å². The molecule has 0 unspecified atom stereocenters. The SMILES string of the molecule is O=C(CCc1ccccc1)N1CCC(Cn2ccc3nc(-c4ccccn4)ccc32)CC1. The lowest BCUT2D eigenvalue weighted by atomic mass is 9.96. The molecule has 0 aliphatic carbocycles. The standard InChI is InChI=1S/C27H28N4O/c32-27(12-9-21-6-2-1-3-7-21)30-17-13-22(14-18-30)20-31-19-15-25-26(31)11-10-24(29-25)23-8-4-5-16-28-23/h1-8,10-11,15-16,19,22H,9,12-14,17-18,20H2. The smallest absolute Gasteiger partial charge is 0.222 e. The van der Waals surface area contributed by atoms with Crippen molar-refractivity contribution in [3.05, 3.63) is 84.7 Å². The number of piperidine rings is 1. The Labute approximate surface area is 188 Å². The van der Waals surface area contributed by atoms with Crippen molar-refractivity contribution in [1.29, 1.82) is 0 Å². The summed E-state index contributed by atoms with van der Waals surface area (Å²) in [6.07, 6.45) is 7.46. The fourth-order valence-electron chi connectivity index (χ4n) is 4.59. The number of rotatable bonds is 6. The van der Waals surface area contributed by atoms with E-state index >= 15 is 0 Å². The maximum absolute atomic E-state index is 12.6. The third-order valence-electron chi connectivity index (χ3n) is 6.44. The third kappa shape index (κ3) is 4.57. The highest BCUT2D eigenvalue weighted by molar-refractivity contribution is 5.79. The molecule has 4 aromatic rings. The number of pyridine rings is 2. The summed E-state index contributed by atoms with van der Waals surface area (Å²) in [5, 5.41) is 0. The van der Waals surface area contributed by atoms with Crippen molar-refractivity contribution in [1.82, 2.24) is 19.4 Å². The average molecular weight is 425 g/mol. The summed E-state index contributed by atoms with van der Waals surface area (Å²) < 4.78 is 2.31. The van der Waals surface area contributed by atoms with E-state index in [0.29, 0.717) is 12.3 Å². The number of carbonyl (C=O) groups is 1. The number of amides is 1. The van der Waals surface area contributed by atoms with Crippen LogP contribution in [0.2, 0.25) is 0 Å². The van der Waals surface area contributed by atoms with E-state index in [0.717, 1.165) is 61.3 Å². The summed E-state index contributed by atoms with van der Waals surface area (Å²) in [6, 6.07) is 22.4. The zero-order chi connectivity index (χ0) is 21.8. The summed E-state index contributed by atoms with van der Waals surface area (Å²) in [4.78, 5) is 23.9. The Bertz CT molecular complexity index is 1180. The van der Waals surface area contributed by atoms with E-state index < -0.39 is 0 Å². The molecule has 5 nitrogen and oxygen atoms in total. The molecule has 4 heterocycles. The van der Waals surface area contributed by atoms with E-state index in [2.05, 4.69) is 46.1 Å². The third-order valence-corrected chi connectivity index (χ3v) is 6.44. The van der Waals surface area contributed by atoms with Crippen molar-refractivity contribution in [3.63, 3.8) is 0 Å². The molecule has 3 aromatic heterocycles. The van der Waals surface area contributed by atoms with Gasteiger partial charge in [-0.25, -0.2) is 4.98 Å². The van der Waals surface area contributed by atoms with Crippen LogP contribution in [0.5, 0.6) is 0 Å². The summed E-state index contributed by atoms with van der Waals surface area (Å²) in [5.74, 6) is 0.865. The van der Waals surface area contributed by atoms with Crippen LogP contribution in [-0.4, -0.2) is 38.4 Å². The number of carbonyl (C=O) groups excluding carboxylic acids is 1. The van der Waals surface area contributed by atoms with E-state index in [-0.39, 0.29) is 5.91 Å². The van der Waals surface area contributed by atoms with Crippen LogP contribution >= 0.6 is 0 Å². The van der Waals surface area contributed by atoms with Gasteiger partial charge in [0.05, 0.1) is 22.4 Å². The van der Waals surface area contributed by atoms with Crippen molar-refractivity contribution in [2.24, 2.45) is 5.92 Å². The normalized spacial score (nSPS) is 14.7. The average Bonchev–Trinajstić information content (AvgIpc) is 3.26. The monoisotopic (exact) mass is 424 g/mol. The zero-order valence-electron chi connectivity index (χ0n) is 18.2. The molecular weight excluding hydrogens is 396 g/mol. The van der Waals surface area contributed by atoms with Gasteiger partial charge in [0, 0.05) is 38.4 Å². The molecule has 162 valence electrons. The molecule has 0 radical (unpaired) electrons. The van der Waals surface area contributed by atoms with Crippen LogP contribution < -0.4 is 0 Å². The molecule has 32 heavy (non-hydrogen) atoms. The zero-order valence-corrected chi connectivity index (χ0v) is 18.2. The van der Waals surface area contributed by atoms with E-state index in [1.807, 2.05) is 41.3 Å². The van der Waals surface area contributed by atoms with Gasteiger partial charge in [-0.15, -0.1) is 0 Å². The molecule has 1 fully saturated rings. The second-order valence-electron chi connectivity index (χ2n) is 8.59. The minimum absolute atomic E-state index is 0.282. The molecule has 5 rings (SSSR count). The molecule has 1 aliphatic heterocycles. The van der Waals surface area contributed by atoms with Crippen LogP contribution in [0.3, 0.4) is 0 Å². The first-order chi connectivity index (χ1) is 15.8. The molecule has 1 aliphatic rings. The van der Waals surface area contributed by atoms with Crippen molar-refractivity contribution >= 4 is 16.9 Å². The maximum atomic E-state index is 12.6. The predicted octanol–water partition coefficient (Wildman–Crippen LogP) is 4.97. The van der Waals surface area contributed by atoms with Gasteiger partial charge in [0.2, 0.25) is 5.91 Å². The summed E-state index contributed by atoms with van der Waals surface area (Å²) in [7, 11) is 0. The van der Waals surface area contributed by atoms with Crippen LogP contribution in [-0.2, 0) is 17.8 Å². The van der Waals surface area contributed by atoms with Crippen LogP contribution in [0, 0.1) is 5.92 Å². The maximum Gasteiger partial charge on any atom is 0.222 e. The van der Waals surface area contributed by atoms with E-state index in [4.69, 9.17) is 4.98 Å². The Kier molecular flexibility index (Phi) is 5.97. The lowest BCUT2D eigenvalue weighted by Gasteiger charge is -2.32. The minimum Gasteiger partial charge on any atom is -0.346 e. The number of likely N-dealkylation sites (tertiary alicyclic amines) is 1. The second-order valence-corrected chi connectivity index (χ2v) is 8.59. The summed E-state index contributed by atoms with van der Waals surface area (Å²) >= 11 is 0. The molecule has 1 saturated heterocycles. The van der Waals surface area contributed by atoms with Gasteiger partial charge >= 0.3 is 0 Å². The number of aryl methyl sites for hydroxylation is 1. The number of hydrogen-bond acceptors (Lipinski definition) is 3. The molecule has 0 saturated carbocycles. The van der Waals surface area contributed by atoms with Crippen LogP contribution in [0.4, 0.5) is 0 Å². The number of aromatic nitrogens is 3. The van der Waals surface area contributed by atoms with Crippen LogP contribution in [0.1, 0.15) is 24.8 Å². The molecule has 0 N–H and O–H groups in total. The summed E-state index contributed by atoms with van der Waals surface area (Å²) in [6.45, 7) is 2.69. The predicted molar refractivity (Wildman–Crippen MR) is 127 cm³/mol. The minimum atomic E-state index is 0.282. The van der Waals surface area contributed by atoms with E-state index in [1.165, 1.54) is 5.56 Å². The van der Waals surface area contributed by atoms with Gasteiger partial charge in [-0.05, 0) is 61.1 Å². The van der Waals surface area contributed by atoms with Gasteiger partial charge in [0.15, 0.2) is 0 Å². The van der Waals surface area contributed by atoms with Crippen LogP contribution in [0.25, 0.3) is 22.4 Å². The van der Waals surface area contributed by atoms with E-state index in [9.17, 15) is 4.79 Å². The van der Waals surface area contributed by atoms with Crippen molar-refractivity contribution in [3.8, 4) is 11.4 Å². The second kappa shape index (κ2) is 9.35. The highest BCUT2D eigenvalue weighted by atomic mass is 16.2. The summed E-state index contributed by atoms with van der Waals surface area (Å²) in [5.41, 5.74) is 5.19. The molecule has 0 spiro atoms.